The quantitative estimate of drug-likeness (QED) is 0.667. The van der Waals surface area contributed by atoms with Crippen molar-refractivity contribution >= 4 is 27.5 Å². The molecule has 1 aliphatic carbocycles. The van der Waals surface area contributed by atoms with E-state index in [9.17, 15) is 4.79 Å². The van der Waals surface area contributed by atoms with Gasteiger partial charge in [0, 0.05) is 24.1 Å². The van der Waals surface area contributed by atoms with Crippen LogP contribution in [0, 0.1) is 0 Å². The highest BCUT2D eigenvalue weighted by Gasteiger charge is 2.40. The minimum absolute atomic E-state index is 0.174. The van der Waals surface area contributed by atoms with Crippen molar-refractivity contribution < 1.29 is 4.79 Å². The van der Waals surface area contributed by atoms with Crippen LogP contribution in [0.25, 0.3) is 10.2 Å². The van der Waals surface area contributed by atoms with Crippen LogP contribution in [-0.2, 0) is 6.42 Å². The molecule has 3 nitrogen and oxygen atoms in total. The first-order valence-electron chi connectivity index (χ1n) is 8.53. The molecule has 1 amide bonds. The lowest BCUT2D eigenvalue weighted by Gasteiger charge is -2.38. The first kappa shape index (κ1) is 14.2. The molecule has 24 heavy (non-hydrogen) atoms. The van der Waals surface area contributed by atoms with Crippen molar-refractivity contribution in [2.45, 2.75) is 31.2 Å². The second-order valence-electron chi connectivity index (χ2n) is 6.75. The molecule has 0 spiro atoms. The van der Waals surface area contributed by atoms with Gasteiger partial charge in [-0.15, -0.1) is 11.3 Å². The molecule has 0 N–H and O–H groups in total. The third kappa shape index (κ3) is 2.09. The van der Waals surface area contributed by atoms with Crippen molar-refractivity contribution in [1.29, 1.82) is 0 Å². The fourth-order valence-corrected chi connectivity index (χ4v) is 5.10. The van der Waals surface area contributed by atoms with E-state index in [2.05, 4.69) is 34.1 Å². The van der Waals surface area contributed by atoms with Crippen LogP contribution in [0.2, 0.25) is 0 Å². The number of carbonyl (C=O) groups excluding carboxylic acids is 1. The maximum absolute atomic E-state index is 13.2. The molecule has 3 aromatic rings. The topological polar surface area (TPSA) is 33.2 Å². The zero-order valence-corrected chi connectivity index (χ0v) is 14.1. The van der Waals surface area contributed by atoms with E-state index in [-0.39, 0.29) is 5.91 Å². The Balaban J connectivity index is 1.49. The molecular formula is C20H18N2OS. The predicted octanol–water partition coefficient (Wildman–Crippen LogP) is 4.24. The number of rotatable bonds is 1. The van der Waals surface area contributed by atoms with Crippen molar-refractivity contribution in [3.8, 4) is 0 Å². The molecule has 2 aliphatic rings. The van der Waals surface area contributed by atoms with E-state index in [4.69, 9.17) is 0 Å². The van der Waals surface area contributed by atoms with Gasteiger partial charge >= 0.3 is 0 Å². The number of carbonyl (C=O) groups is 1. The first-order valence-corrected chi connectivity index (χ1v) is 9.41. The molecule has 0 radical (unpaired) electrons. The number of hydrogen-bond donors (Lipinski definition) is 0. The molecular weight excluding hydrogens is 316 g/mol. The van der Waals surface area contributed by atoms with Crippen molar-refractivity contribution in [2.24, 2.45) is 0 Å². The van der Waals surface area contributed by atoms with Gasteiger partial charge in [-0.3, -0.25) is 4.79 Å². The minimum atomic E-state index is 0.174. The average molecular weight is 334 g/mol. The standard InChI is InChI=1S/C20H18N2OS/c23-20(14-7-8-17-19(11-14)24-12-21-17)22-9-3-6-16-15-5-2-1-4-13(15)10-18(16)22/h1-2,4-5,7-8,11-12,16,18H,3,6,9-10H2/t16-,18+/m1/s1. The van der Waals surface area contributed by atoms with E-state index in [0.29, 0.717) is 12.0 Å². The molecule has 1 aromatic heterocycles. The summed E-state index contributed by atoms with van der Waals surface area (Å²) in [6.45, 7) is 0.870. The summed E-state index contributed by atoms with van der Waals surface area (Å²) in [5.41, 5.74) is 6.48. The summed E-state index contributed by atoms with van der Waals surface area (Å²) in [7, 11) is 0. The zero-order chi connectivity index (χ0) is 16.1. The first-order chi connectivity index (χ1) is 11.8. The van der Waals surface area contributed by atoms with Gasteiger partial charge in [-0.2, -0.15) is 0 Å². The Kier molecular flexibility index (Phi) is 3.20. The van der Waals surface area contributed by atoms with Crippen molar-refractivity contribution in [2.75, 3.05) is 6.54 Å². The fraction of sp³-hybridized carbons (Fsp3) is 0.300. The number of likely N-dealkylation sites (tertiary alicyclic amines) is 1. The van der Waals surface area contributed by atoms with Gasteiger partial charge in [0.1, 0.15) is 0 Å². The van der Waals surface area contributed by atoms with Crippen LogP contribution < -0.4 is 0 Å². The highest BCUT2D eigenvalue weighted by molar-refractivity contribution is 7.16. The Morgan fingerprint density at radius 2 is 2.12 bits per heavy atom. The Morgan fingerprint density at radius 3 is 3.08 bits per heavy atom. The molecule has 0 unspecified atom stereocenters. The average Bonchev–Trinajstić information content (AvgIpc) is 3.24. The number of benzene rings is 2. The van der Waals surface area contributed by atoms with Gasteiger partial charge in [0.15, 0.2) is 0 Å². The number of piperidine rings is 1. The van der Waals surface area contributed by atoms with Crippen LogP contribution in [0.1, 0.15) is 40.2 Å². The predicted molar refractivity (Wildman–Crippen MR) is 96.6 cm³/mol. The van der Waals surface area contributed by atoms with Gasteiger partial charge in [0.25, 0.3) is 5.91 Å². The summed E-state index contributed by atoms with van der Waals surface area (Å²) in [5, 5.41) is 0. The SMILES string of the molecule is O=C(c1ccc2ncsc2c1)N1CCC[C@@H]2c3ccccc3C[C@@H]21. The highest BCUT2D eigenvalue weighted by atomic mass is 32.1. The minimum Gasteiger partial charge on any atom is -0.335 e. The summed E-state index contributed by atoms with van der Waals surface area (Å²) in [6, 6.07) is 14.9. The molecule has 0 bridgehead atoms. The van der Waals surface area contributed by atoms with Crippen LogP contribution in [0.15, 0.2) is 48.0 Å². The Hall–Kier alpha value is -2.20. The van der Waals surface area contributed by atoms with E-state index in [1.165, 1.54) is 17.5 Å². The van der Waals surface area contributed by atoms with E-state index in [0.717, 1.165) is 35.2 Å². The summed E-state index contributed by atoms with van der Waals surface area (Å²) >= 11 is 1.59. The molecule has 2 heterocycles. The van der Waals surface area contributed by atoms with Crippen LogP contribution in [0.5, 0.6) is 0 Å². The highest BCUT2D eigenvalue weighted by Crippen LogP contribution is 2.42. The maximum atomic E-state index is 13.2. The van der Waals surface area contributed by atoms with Gasteiger partial charge in [-0.25, -0.2) is 4.98 Å². The number of thiazole rings is 1. The van der Waals surface area contributed by atoms with Crippen molar-refractivity contribution in [3.05, 3.63) is 64.7 Å². The summed E-state index contributed by atoms with van der Waals surface area (Å²) in [6.07, 6.45) is 3.28. The smallest absolute Gasteiger partial charge is 0.254 e. The lowest BCUT2D eigenvalue weighted by Crippen LogP contribution is -2.46. The molecule has 4 heteroatoms. The molecule has 2 atom stereocenters. The number of amides is 1. The van der Waals surface area contributed by atoms with Crippen LogP contribution in [0.3, 0.4) is 0 Å². The molecule has 1 aliphatic heterocycles. The zero-order valence-electron chi connectivity index (χ0n) is 13.3. The van der Waals surface area contributed by atoms with Crippen LogP contribution in [0.4, 0.5) is 0 Å². The second-order valence-corrected chi connectivity index (χ2v) is 7.64. The monoisotopic (exact) mass is 334 g/mol. The number of hydrogen-bond acceptors (Lipinski definition) is 3. The van der Waals surface area contributed by atoms with E-state index in [1.54, 1.807) is 11.3 Å². The van der Waals surface area contributed by atoms with E-state index < -0.39 is 0 Å². The number of nitrogens with zero attached hydrogens (tertiary/aromatic N) is 2. The normalized spacial score (nSPS) is 22.4. The Bertz CT molecular complexity index is 932. The molecule has 0 saturated carbocycles. The molecule has 5 rings (SSSR count). The van der Waals surface area contributed by atoms with E-state index >= 15 is 0 Å². The Labute approximate surface area is 144 Å². The summed E-state index contributed by atoms with van der Waals surface area (Å²) < 4.78 is 1.09. The van der Waals surface area contributed by atoms with Gasteiger partial charge in [-0.05, 0) is 48.6 Å². The van der Waals surface area contributed by atoms with Crippen LogP contribution in [-0.4, -0.2) is 28.4 Å². The van der Waals surface area contributed by atoms with Crippen LogP contribution >= 0.6 is 11.3 Å². The second kappa shape index (κ2) is 5.42. The van der Waals surface area contributed by atoms with Crippen molar-refractivity contribution in [3.63, 3.8) is 0 Å². The van der Waals surface area contributed by atoms with E-state index in [1.807, 2.05) is 23.7 Å². The summed E-state index contributed by atoms with van der Waals surface area (Å²) in [5.74, 6) is 0.679. The maximum Gasteiger partial charge on any atom is 0.254 e. The van der Waals surface area contributed by atoms with Gasteiger partial charge in [-0.1, -0.05) is 24.3 Å². The van der Waals surface area contributed by atoms with Gasteiger partial charge in [0.2, 0.25) is 0 Å². The lowest BCUT2D eigenvalue weighted by atomic mass is 9.88. The van der Waals surface area contributed by atoms with Gasteiger partial charge in [0.05, 0.1) is 15.7 Å². The third-order valence-electron chi connectivity index (χ3n) is 5.50. The molecule has 1 fully saturated rings. The number of fused-ring (bicyclic) bond motifs is 4. The molecule has 1 saturated heterocycles. The molecule has 120 valence electrons. The largest absolute Gasteiger partial charge is 0.335 e. The lowest BCUT2D eigenvalue weighted by molar-refractivity contribution is 0.0595. The number of aromatic nitrogens is 1. The van der Waals surface area contributed by atoms with Gasteiger partial charge < -0.3 is 4.90 Å². The molecule has 2 aromatic carbocycles. The van der Waals surface area contributed by atoms with Crippen molar-refractivity contribution in [1.82, 2.24) is 9.88 Å². The Morgan fingerprint density at radius 1 is 1.21 bits per heavy atom. The summed E-state index contributed by atoms with van der Waals surface area (Å²) in [4.78, 5) is 19.6. The third-order valence-corrected chi connectivity index (χ3v) is 6.29. The fourth-order valence-electron chi connectivity index (χ4n) is 4.39.